The van der Waals surface area contributed by atoms with Crippen LogP contribution in [0.15, 0.2) is 77.0 Å². The van der Waals surface area contributed by atoms with E-state index in [4.69, 9.17) is 0 Å². The highest BCUT2D eigenvalue weighted by molar-refractivity contribution is 7.16. The molecule has 1 aliphatic heterocycles. The third-order valence-electron chi connectivity index (χ3n) is 5.97. The second-order valence-corrected chi connectivity index (χ2v) is 9.75. The Morgan fingerprint density at radius 2 is 1.31 bits per heavy atom. The monoisotopic (exact) mass is 501 g/mol. The van der Waals surface area contributed by atoms with E-state index in [0.29, 0.717) is 0 Å². The second-order valence-electron chi connectivity index (χ2n) is 7.90. The summed E-state index contributed by atoms with van der Waals surface area (Å²) in [6.45, 7) is 3.86. The molecule has 35 heavy (non-hydrogen) atoms. The molecule has 0 N–H and O–H groups in total. The van der Waals surface area contributed by atoms with Gasteiger partial charge >= 0.3 is 6.03 Å². The summed E-state index contributed by atoms with van der Waals surface area (Å²) in [4.78, 5) is 43.1. The number of barbiturate groups is 1. The number of amides is 4. The van der Waals surface area contributed by atoms with E-state index in [2.05, 4.69) is 27.8 Å². The maximum atomic E-state index is 13.0. The Morgan fingerprint density at radius 1 is 0.743 bits per heavy atom. The highest BCUT2D eigenvalue weighted by atomic mass is 32.1. The summed E-state index contributed by atoms with van der Waals surface area (Å²) in [5.74, 6) is -1.11. The van der Waals surface area contributed by atoms with Gasteiger partial charge in [0.2, 0.25) is 0 Å². The number of fused-ring (bicyclic) bond motifs is 1. The van der Waals surface area contributed by atoms with Crippen LogP contribution in [-0.2, 0) is 9.59 Å². The fourth-order valence-electron chi connectivity index (χ4n) is 4.31. The topological polar surface area (TPSA) is 60.9 Å². The van der Waals surface area contributed by atoms with Crippen LogP contribution in [0, 0.1) is 0 Å². The molecule has 6 nitrogen and oxygen atoms in total. The molecule has 5 rings (SSSR count). The SMILES string of the molecule is CCN1C(=O)C(=Cc2ccc(N(c3cccs3)c3cccs3)c3ccccc23)C(=O)N(CC)C1=O. The number of carbonyl (C=O) groups is 3. The minimum Gasteiger partial charge on any atom is -0.292 e. The van der Waals surface area contributed by atoms with Gasteiger partial charge in [-0.25, -0.2) is 4.79 Å². The number of anilines is 3. The number of thiophene rings is 2. The van der Waals surface area contributed by atoms with Gasteiger partial charge in [-0.15, -0.1) is 22.7 Å². The van der Waals surface area contributed by atoms with Crippen LogP contribution >= 0.6 is 22.7 Å². The fraction of sp³-hybridized carbons (Fsp3) is 0.148. The fourth-order valence-corrected chi connectivity index (χ4v) is 5.88. The van der Waals surface area contributed by atoms with Crippen molar-refractivity contribution in [2.75, 3.05) is 18.0 Å². The Labute approximate surface area is 211 Å². The molecule has 1 aliphatic rings. The molecule has 8 heteroatoms. The molecule has 0 aliphatic carbocycles. The first-order chi connectivity index (χ1) is 17.0. The van der Waals surface area contributed by atoms with Crippen LogP contribution in [-0.4, -0.2) is 40.7 Å². The van der Waals surface area contributed by atoms with Crippen molar-refractivity contribution in [3.05, 3.63) is 82.6 Å². The summed E-state index contributed by atoms with van der Waals surface area (Å²) in [5, 5.41) is 8.21. The highest BCUT2D eigenvalue weighted by Gasteiger charge is 2.40. The van der Waals surface area contributed by atoms with Gasteiger partial charge in [-0.2, -0.15) is 0 Å². The molecule has 1 fully saturated rings. The Hall–Kier alpha value is -3.75. The molecule has 176 valence electrons. The van der Waals surface area contributed by atoms with E-state index in [-0.39, 0.29) is 18.7 Å². The highest BCUT2D eigenvalue weighted by Crippen LogP contribution is 2.43. The van der Waals surface area contributed by atoms with Crippen molar-refractivity contribution in [3.8, 4) is 0 Å². The summed E-state index contributed by atoms with van der Waals surface area (Å²) in [6, 6.07) is 19.6. The van der Waals surface area contributed by atoms with Gasteiger partial charge in [-0.05, 0) is 72.0 Å². The average molecular weight is 502 g/mol. The van der Waals surface area contributed by atoms with Gasteiger partial charge in [0, 0.05) is 18.5 Å². The van der Waals surface area contributed by atoms with E-state index < -0.39 is 17.8 Å². The zero-order chi connectivity index (χ0) is 24.5. The van der Waals surface area contributed by atoms with Gasteiger partial charge in [0.25, 0.3) is 11.8 Å². The van der Waals surface area contributed by atoms with E-state index in [9.17, 15) is 14.4 Å². The number of rotatable bonds is 6. The molecule has 3 heterocycles. The van der Waals surface area contributed by atoms with Crippen LogP contribution in [0.1, 0.15) is 19.4 Å². The van der Waals surface area contributed by atoms with Crippen LogP contribution in [0.4, 0.5) is 20.5 Å². The van der Waals surface area contributed by atoms with Gasteiger partial charge in [-0.1, -0.05) is 30.3 Å². The molecule has 0 atom stereocenters. The Kier molecular flexibility index (Phi) is 6.23. The number of urea groups is 1. The normalized spacial score (nSPS) is 14.2. The van der Waals surface area contributed by atoms with Crippen LogP contribution < -0.4 is 4.90 Å². The van der Waals surface area contributed by atoms with Crippen molar-refractivity contribution >= 4 is 73.1 Å². The molecule has 4 amide bonds. The van der Waals surface area contributed by atoms with E-state index in [0.717, 1.165) is 41.8 Å². The summed E-state index contributed by atoms with van der Waals surface area (Å²) in [5.41, 5.74) is 1.76. The molecule has 4 aromatic rings. The van der Waals surface area contributed by atoms with Crippen LogP contribution in [0.3, 0.4) is 0 Å². The summed E-state index contributed by atoms with van der Waals surface area (Å²) >= 11 is 3.32. The zero-order valence-corrected chi connectivity index (χ0v) is 20.9. The van der Waals surface area contributed by atoms with Crippen molar-refractivity contribution in [2.45, 2.75) is 13.8 Å². The predicted molar refractivity (Wildman–Crippen MR) is 143 cm³/mol. The van der Waals surface area contributed by atoms with Gasteiger partial charge in [-0.3, -0.25) is 24.3 Å². The maximum Gasteiger partial charge on any atom is 0.333 e. The largest absolute Gasteiger partial charge is 0.333 e. The number of hydrogen-bond acceptors (Lipinski definition) is 6. The third kappa shape index (κ3) is 3.94. The van der Waals surface area contributed by atoms with Crippen molar-refractivity contribution in [1.29, 1.82) is 0 Å². The molecular formula is C27H23N3O3S2. The smallest absolute Gasteiger partial charge is 0.292 e. The van der Waals surface area contributed by atoms with Gasteiger partial charge in [0.15, 0.2) is 0 Å². The summed E-state index contributed by atoms with van der Waals surface area (Å²) in [6.07, 6.45) is 1.62. The van der Waals surface area contributed by atoms with Crippen LogP contribution in [0.25, 0.3) is 16.8 Å². The van der Waals surface area contributed by atoms with Crippen molar-refractivity contribution in [2.24, 2.45) is 0 Å². The summed E-state index contributed by atoms with van der Waals surface area (Å²) < 4.78 is 0. The molecule has 2 aromatic carbocycles. The lowest BCUT2D eigenvalue weighted by Gasteiger charge is -2.32. The first kappa shape index (κ1) is 23.0. The third-order valence-corrected chi connectivity index (χ3v) is 7.68. The van der Waals surface area contributed by atoms with Gasteiger partial charge < -0.3 is 0 Å². The lowest BCUT2D eigenvalue weighted by Crippen LogP contribution is -2.56. The second kappa shape index (κ2) is 9.48. The number of imide groups is 2. The molecule has 0 spiro atoms. The van der Waals surface area contributed by atoms with Gasteiger partial charge in [0.1, 0.15) is 15.6 Å². The molecule has 0 unspecified atom stereocenters. The lowest BCUT2D eigenvalue weighted by atomic mass is 9.99. The lowest BCUT2D eigenvalue weighted by molar-refractivity contribution is -0.135. The van der Waals surface area contributed by atoms with Gasteiger partial charge in [0.05, 0.1) is 5.69 Å². The number of benzene rings is 2. The first-order valence-corrected chi connectivity index (χ1v) is 13.1. The van der Waals surface area contributed by atoms with E-state index in [1.165, 1.54) is 0 Å². The number of carbonyl (C=O) groups excluding carboxylic acids is 3. The quantitative estimate of drug-likeness (QED) is 0.219. The maximum absolute atomic E-state index is 13.0. The standard InChI is InChI=1S/C27H23N3O3S2/c1-3-28-25(31)21(26(32)29(4-2)27(28)33)17-18-13-14-22(20-10-6-5-9-19(18)20)30(23-11-7-15-34-23)24-12-8-16-35-24/h5-17H,3-4H2,1-2H3. The number of hydrogen-bond donors (Lipinski definition) is 0. The molecule has 0 saturated carbocycles. The minimum absolute atomic E-state index is 0.000396. The van der Waals surface area contributed by atoms with Crippen molar-refractivity contribution < 1.29 is 14.4 Å². The van der Waals surface area contributed by atoms with Crippen LogP contribution in [0.5, 0.6) is 0 Å². The zero-order valence-electron chi connectivity index (χ0n) is 19.3. The van der Waals surface area contributed by atoms with Crippen molar-refractivity contribution in [1.82, 2.24) is 9.80 Å². The van der Waals surface area contributed by atoms with E-state index >= 15 is 0 Å². The number of likely N-dealkylation sites (N-methyl/N-ethyl adjacent to an activating group) is 2. The van der Waals surface area contributed by atoms with E-state index in [1.807, 2.05) is 48.5 Å². The molecular weight excluding hydrogens is 478 g/mol. The molecule has 0 radical (unpaired) electrons. The molecule has 1 saturated heterocycles. The number of nitrogens with zero attached hydrogens (tertiary/aromatic N) is 3. The Balaban J connectivity index is 1.67. The Morgan fingerprint density at radius 3 is 1.83 bits per heavy atom. The Bertz CT molecular complexity index is 1380. The minimum atomic E-state index is -0.565. The molecule has 2 aromatic heterocycles. The average Bonchev–Trinajstić information content (AvgIpc) is 3.59. The van der Waals surface area contributed by atoms with Crippen molar-refractivity contribution in [3.63, 3.8) is 0 Å². The first-order valence-electron chi connectivity index (χ1n) is 11.3. The molecule has 0 bridgehead atoms. The summed E-state index contributed by atoms with van der Waals surface area (Å²) in [7, 11) is 0. The van der Waals surface area contributed by atoms with E-state index in [1.54, 1.807) is 42.6 Å². The predicted octanol–water partition coefficient (Wildman–Crippen LogP) is 6.65. The van der Waals surface area contributed by atoms with Crippen LogP contribution in [0.2, 0.25) is 0 Å².